The van der Waals surface area contributed by atoms with Crippen LogP contribution in [0.5, 0.6) is 11.5 Å². The van der Waals surface area contributed by atoms with Gasteiger partial charge in [-0.15, -0.1) is 0 Å². The summed E-state index contributed by atoms with van der Waals surface area (Å²) in [6.07, 6.45) is 0.238. The van der Waals surface area contributed by atoms with Gasteiger partial charge in [0.05, 0.1) is 13.2 Å². The van der Waals surface area contributed by atoms with Gasteiger partial charge in [0.1, 0.15) is 17.7 Å². The molecule has 0 saturated heterocycles. The predicted molar refractivity (Wildman–Crippen MR) is 145 cm³/mol. The largest absolute Gasteiger partial charge is 0.457 e. The molecule has 37 heavy (non-hydrogen) atoms. The highest BCUT2D eigenvalue weighted by Gasteiger charge is 2.29. The number of carbonyl (C=O) groups excluding carboxylic acids is 1. The zero-order valence-corrected chi connectivity index (χ0v) is 21.4. The maximum absolute atomic E-state index is 13.5. The molecule has 0 aliphatic heterocycles. The zero-order valence-electron chi connectivity index (χ0n) is 20.5. The molecule has 4 aromatic rings. The molecule has 0 heterocycles. The maximum Gasteiger partial charge on any atom is 0.340 e. The van der Waals surface area contributed by atoms with Crippen LogP contribution in [0, 0.1) is 0 Å². The summed E-state index contributed by atoms with van der Waals surface area (Å²) in [6, 6.07) is 36.1. The van der Waals surface area contributed by atoms with Crippen molar-refractivity contribution in [1.29, 1.82) is 0 Å². The number of rotatable bonds is 13. The smallest absolute Gasteiger partial charge is 0.340 e. The lowest BCUT2D eigenvalue weighted by molar-refractivity contribution is -0.118. The van der Waals surface area contributed by atoms with Crippen LogP contribution in [0.3, 0.4) is 0 Å². The summed E-state index contributed by atoms with van der Waals surface area (Å²) < 4.78 is 30.8. The average Bonchev–Trinajstić information content (AvgIpc) is 2.93. The van der Waals surface area contributed by atoms with Gasteiger partial charge in [0.15, 0.2) is 0 Å². The van der Waals surface area contributed by atoms with Gasteiger partial charge in [-0.3, -0.25) is 9.36 Å². The Bertz CT molecular complexity index is 1250. The first-order valence-corrected chi connectivity index (χ1v) is 13.9. The molecule has 0 unspecified atom stereocenters. The van der Waals surface area contributed by atoms with Gasteiger partial charge >= 0.3 is 7.60 Å². The summed E-state index contributed by atoms with van der Waals surface area (Å²) in [5, 5.41) is 2.84. The molecule has 0 bridgehead atoms. The monoisotopic (exact) mass is 515 g/mol. The van der Waals surface area contributed by atoms with Crippen molar-refractivity contribution in [3.63, 3.8) is 0 Å². The topological polar surface area (TPSA) is 73.9 Å². The molecule has 6 nitrogen and oxygen atoms in total. The van der Waals surface area contributed by atoms with Crippen molar-refractivity contribution in [1.82, 2.24) is 5.32 Å². The van der Waals surface area contributed by atoms with Crippen LogP contribution in [0.15, 0.2) is 115 Å². The minimum absolute atomic E-state index is 0.0917. The molecule has 1 N–H and O–H groups in total. The molecular weight excluding hydrogens is 485 g/mol. The van der Waals surface area contributed by atoms with E-state index in [2.05, 4.69) is 5.32 Å². The zero-order chi connectivity index (χ0) is 25.8. The molecule has 0 aliphatic carbocycles. The quantitative estimate of drug-likeness (QED) is 0.199. The average molecular weight is 516 g/mol. The fourth-order valence-electron chi connectivity index (χ4n) is 3.59. The number of carbonyl (C=O) groups is 1. The van der Waals surface area contributed by atoms with Crippen LogP contribution >= 0.6 is 7.60 Å². The highest BCUT2D eigenvalue weighted by atomic mass is 31.2. The van der Waals surface area contributed by atoms with E-state index in [0.29, 0.717) is 13.0 Å². The van der Waals surface area contributed by atoms with Crippen LogP contribution < -0.4 is 10.1 Å². The van der Waals surface area contributed by atoms with E-state index in [9.17, 15) is 9.36 Å². The molecule has 4 rings (SSSR count). The van der Waals surface area contributed by atoms with E-state index in [1.54, 1.807) is 0 Å². The van der Waals surface area contributed by atoms with E-state index in [0.717, 1.165) is 28.2 Å². The third kappa shape index (κ3) is 9.03. The molecule has 7 heteroatoms. The Balaban J connectivity index is 1.31. The van der Waals surface area contributed by atoms with E-state index in [1.807, 2.05) is 115 Å². The van der Waals surface area contributed by atoms with Crippen LogP contribution in [-0.2, 0) is 38.0 Å². The standard InChI is InChI=1S/C30H30NO5P/c32-30(31-20-19-25-15-10-18-29(21-25)36-28-16-8-3-9-17-28)24-37(33,34-22-26-11-4-1-5-12-26)35-23-27-13-6-2-7-14-27/h1-18,21H,19-20,22-24H2,(H,31,32). The van der Waals surface area contributed by atoms with Crippen molar-refractivity contribution in [3.05, 3.63) is 132 Å². The third-order valence-corrected chi connectivity index (χ3v) is 7.21. The van der Waals surface area contributed by atoms with Gasteiger partial charge < -0.3 is 19.1 Å². The third-order valence-electron chi connectivity index (χ3n) is 5.49. The molecule has 190 valence electrons. The van der Waals surface area contributed by atoms with Gasteiger partial charge in [-0.1, -0.05) is 91.0 Å². The first kappa shape index (κ1) is 26.4. The molecular formula is C30H30NO5P. The number of para-hydroxylation sites is 1. The van der Waals surface area contributed by atoms with Crippen molar-refractivity contribution in [2.45, 2.75) is 19.6 Å². The summed E-state index contributed by atoms with van der Waals surface area (Å²) in [5.74, 6) is 1.10. The fraction of sp³-hybridized carbons (Fsp3) is 0.167. The van der Waals surface area contributed by atoms with E-state index in [1.165, 1.54) is 0 Å². The Morgan fingerprint density at radius 2 is 1.16 bits per heavy atom. The highest BCUT2D eigenvalue weighted by Crippen LogP contribution is 2.49. The number of ether oxygens (including phenoxy) is 1. The first-order chi connectivity index (χ1) is 18.1. The van der Waals surface area contributed by atoms with E-state index in [4.69, 9.17) is 13.8 Å². The lowest BCUT2D eigenvalue weighted by Gasteiger charge is -2.19. The van der Waals surface area contributed by atoms with Gasteiger partial charge in [0.2, 0.25) is 5.91 Å². The Labute approximate surface area is 217 Å². The van der Waals surface area contributed by atoms with Crippen molar-refractivity contribution in [2.24, 2.45) is 0 Å². The van der Waals surface area contributed by atoms with Crippen LogP contribution in [0.4, 0.5) is 0 Å². The second kappa shape index (κ2) is 13.6. The summed E-state index contributed by atoms with van der Waals surface area (Å²) in [6.45, 7) is 0.563. The van der Waals surface area contributed by atoms with Crippen molar-refractivity contribution < 1.29 is 23.1 Å². The number of benzene rings is 4. The first-order valence-electron chi connectivity index (χ1n) is 12.1. The Hall–Kier alpha value is -3.70. The Kier molecular flexibility index (Phi) is 9.67. The molecule has 0 spiro atoms. The number of amides is 1. The molecule has 0 aromatic heterocycles. The second-order valence-electron chi connectivity index (χ2n) is 8.45. The van der Waals surface area contributed by atoms with Gasteiger partial charge in [-0.2, -0.15) is 0 Å². The van der Waals surface area contributed by atoms with Crippen LogP contribution in [-0.4, -0.2) is 18.6 Å². The predicted octanol–water partition coefficient (Wildman–Crippen LogP) is 6.76. The lowest BCUT2D eigenvalue weighted by atomic mass is 10.1. The molecule has 0 atom stereocenters. The van der Waals surface area contributed by atoms with Crippen LogP contribution in [0.2, 0.25) is 0 Å². The molecule has 4 aromatic carbocycles. The molecule has 0 saturated carbocycles. The molecule has 1 amide bonds. The number of nitrogens with one attached hydrogen (secondary N) is 1. The number of hydrogen-bond acceptors (Lipinski definition) is 5. The molecule has 0 radical (unpaired) electrons. The minimum Gasteiger partial charge on any atom is -0.457 e. The fourth-order valence-corrected chi connectivity index (χ4v) is 5.00. The Morgan fingerprint density at radius 3 is 1.76 bits per heavy atom. The molecule has 0 aliphatic rings. The summed E-state index contributed by atoms with van der Waals surface area (Å²) in [7, 11) is -3.70. The lowest BCUT2D eigenvalue weighted by Crippen LogP contribution is -2.29. The van der Waals surface area contributed by atoms with Crippen LogP contribution in [0.25, 0.3) is 0 Å². The minimum atomic E-state index is -3.70. The van der Waals surface area contributed by atoms with Crippen LogP contribution in [0.1, 0.15) is 16.7 Å². The summed E-state index contributed by atoms with van der Waals surface area (Å²) >= 11 is 0. The highest BCUT2D eigenvalue weighted by molar-refractivity contribution is 7.54. The summed E-state index contributed by atoms with van der Waals surface area (Å²) in [4.78, 5) is 12.7. The van der Waals surface area contributed by atoms with E-state index >= 15 is 0 Å². The van der Waals surface area contributed by atoms with E-state index < -0.39 is 7.60 Å². The molecule has 0 fully saturated rings. The van der Waals surface area contributed by atoms with Gasteiger partial charge in [-0.25, -0.2) is 0 Å². The van der Waals surface area contributed by atoms with Crippen molar-refractivity contribution >= 4 is 13.5 Å². The second-order valence-corrected chi connectivity index (χ2v) is 10.5. The normalized spacial score (nSPS) is 11.1. The Morgan fingerprint density at radius 1 is 0.649 bits per heavy atom. The SMILES string of the molecule is O=C(CP(=O)(OCc1ccccc1)OCc1ccccc1)NCCc1cccc(Oc2ccccc2)c1. The van der Waals surface area contributed by atoms with Crippen molar-refractivity contribution in [3.8, 4) is 11.5 Å². The van der Waals surface area contributed by atoms with Gasteiger partial charge in [0.25, 0.3) is 0 Å². The van der Waals surface area contributed by atoms with Crippen molar-refractivity contribution in [2.75, 3.05) is 12.7 Å². The van der Waals surface area contributed by atoms with Gasteiger partial charge in [-0.05, 0) is 47.4 Å². The summed E-state index contributed by atoms with van der Waals surface area (Å²) in [5.41, 5.74) is 2.71. The maximum atomic E-state index is 13.5. The van der Waals surface area contributed by atoms with Gasteiger partial charge in [0, 0.05) is 6.54 Å². The number of hydrogen-bond donors (Lipinski definition) is 1. The van der Waals surface area contributed by atoms with E-state index in [-0.39, 0.29) is 25.3 Å².